The Morgan fingerprint density at radius 1 is 1.42 bits per heavy atom. The lowest BCUT2D eigenvalue weighted by Gasteiger charge is -2.34. The first kappa shape index (κ1) is 17.2. The van der Waals surface area contributed by atoms with Crippen LogP contribution in [-0.2, 0) is 4.79 Å². The van der Waals surface area contributed by atoms with E-state index in [-0.39, 0.29) is 18.0 Å². The number of halogens is 1. The summed E-state index contributed by atoms with van der Waals surface area (Å²) in [7, 11) is 1.61. The normalized spacial score (nSPS) is 22.7. The van der Waals surface area contributed by atoms with Crippen molar-refractivity contribution in [1.82, 2.24) is 4.90 Å². The molecule has 2 bridgehead atoms. The maximum atomic E-state index is 13.0. The van der Waals surface area contributed by atoms with Gasteiger partial charge in [-0.05, 0) is 43.2 Å². The highest BCUT2D eigenvalue weighted by molar-refractivity contribution is 6.31. The number of furan rings is 1. The van der Waals surface area contributed by atoms with E-state index >= 15 is 0 Å². The lowest BCUT2D eigenvalue weighted by Crippen LogP contribution is -2.50. The highest BCUT2D eigenvalue weighted by atomic mass is 35.5. The molecule has 2 saturated heterocycles. The second-order valence-corrected chi connectivity index (χ2v) is 7.17. The maximum Gasteiger partial charge on any atom is 0.244 e. The smallest absolute Gasteiger partial charge is 0.244 e. The van der Waals surface area contributed by atoms with Gasteiger partial charge >= 0.3 is 0 Å². The van der Waals surface area contributed by atoms with Gasteiger partial charge in [0.25, 0.3) is 0 Å². The van der Waals surface area contributed by atoms with Crippen LogP contribution in [0.1, 0.15) is 17.7 Å². The van der Waals surface area contributed by atoms with Crippen LogP contribution in [-0.4, -0.2) is 43.1 Å². The molecular formula is C20H21ClN2O3. The molecule has 3 heterocycles. The van der Waals surface area contributed by atoms with E-state index in [9.17, 15) is 4.79 Å². The zero-order valence-corrected chi connectivity index (χ0v) is 15.6. The standard InChI is InChI=1S/C20H21ClN2O3/c1-13-9-17(19(25-2)11-16(13)21)23-14-10-18(20(23)24)22(12-14)7-3-5-15-6-4-8-26-15/h3-6,8-9,11,14,18H,7,10,12H2,1-2H3/b5-3+/t14-,18-/m0/s1. The van der Waals surface area contributed by atoms with Crippen LogP contribution >= 0.6 is 11.6 Å². The molecular weight excluding hydrogens is 352 g/mol. The molecule has 2 aliphatic heterocycles. The number of methoxy groups -OCH3 is 1. The predicted molar refractivity (Wildman–Crippen MR) is 102 cm³/mol. The third kappa shape index (κ3) is 2.91. The molecule has 4 rings (SSSR count). The summed E-state index contributed by atoms with van der Waals surface area (Å²) in [5.41, 5.74) is 1.76. The van der Waals surface area contributed by atoms with Gasteiger partial charge in [-0.25, -0.2) is 0 Å². The summed E-state index contributed by atoms with van der Waals surface area (Å²) in [4.78, 5) is 17.1. The number of amides is 1. The number of aryl methyl sites for hydroxylation is 1. The molecule has 0 saturated carbocycles. The molecule has 0 unspecified atom stereocenters. The van der Waals surface area contributed by atoms with Gasteiger partial charge in [0.15, 0.2) is 0 Å². The largest absolute Gasteiger partial charge is 0.495 e. The highest BCUT2D eigenvalue weighted by Crippen LogP contribution is 2.41. The minimum atomic E-state index is -0.0815. The summed E-state index contributed by atoms with van der Waals surface area (Å²) in [5.74, 6) is 1.60. The van der Waals surface area contributed by atoms with Gasteiger partial charge in [-0.15, -0.1) is 0 Å². The van der Waals surface area contributed by atoms with Crippen LogP contribution in [0.15, 0.2) is 41.0 Å². The lowest BCUT2D eigenvalue weighted by molar-refractivity contribution is -0.122. The number of carbonyl (C=O) groups is 1. The molecule has 0 N–H and O–H groups in total. The molecule has 136 valence electrons. The number of benzene rings is 1. The molecule has 1 amide bonds. The summed E-state index contributed by atoms with van der Waals surface area (Å²) in [5, 5.41) is 0.645. The Balaban J connectivity index is 1.51. The first-order valence-corrected chi connectivity index (χ1v) is 9.07. The average molecular weight is 373 g/mol. The fraction of sp³-hybridized carbons (Fsp3) is 0.350. The van der Waals surface area contributed by atoms with Gasteiger partial charge in [0.05, 0.1) is 31.1 Å². The van der Waals surface area contributed by atoms with Gasteiger partial charge in [0.2, 0.25) is 5.91 Å². The second-order valence-electron chi connectivity index (χ2n) is 6.76. The van der Waals surface area contributed by atoms with Crippen molar-refractivity contribution in [3.8, 4) is 5.75 Å². The first-order chi connectivity index (χ1) is 12.6. The van der Waals surface area contributed by atoms with Crippen LogP contribution in [0.4, 0.5) is 5.69 Å². The summed E-state index contributed by atoms with van der Waals surface area (Å²) < 4.78 is 10.8. The van der Waals surface area contributed by atoms with E-state index in [0.29, 0.717) is 10.8 Å². The van der Waals surface area contributed by atoms with Crippen LogP contribution in [0.2, 0.25) is 5.02 Å². The quantitative estimate of drug-likeness (QED) is 0.801. The molecule has 26 heavy (non-hydrogen) atoms. The number of piperazine rings is 1. The van der Waals surface area contributed by atoms with Crippen molar-refractivity contribution in [3.05, 3.63) is 53.0 Å². The van der Waals surface area contributed by atoms with Gasteiger partial charge in [-0.2, -0.15) is 0 Å². The minimum absolute atomic E-state index is 0.0815. The molecule has 2 aliphatic rings. The second kappa shape index (κ2) is 6.82. The Morgan fingerprint density at radius 2 is 2.27 bits per heavy atom. The van der Waals surface area contributed by atoms with Gasteiger partial charge in [0, 0.05) is 24.2 Å². The maximum absolute atomic E-state index is 13.0. The van der Waals surface area contributed by atoms with Crippen molar-refractivity contribution >= 4 is 29.3 Å². The van der Waals surface area contributed by atoms with Crippen LogP contribution < -0.4 is 9.64 Å². The van der Waals surface area contributed by atoms with Crippen molar-refractivity contribution in [3.63, 3.8) is 0 Å². The Hall–Kier alpha value is -2.24. The zero-order chi connectivity index (χ0) is 18.3. The topological polar surface area (TPSA) is 45.9 Å². The van der Waals surface area contributed by atoms with E-state index in [4.69, 9.17) is 20.8 Å². The lowest BCUT2D eigenvalue weighted by atomic mass is 10.1. The Bertz CT molecular complexity index is 847. The van der Waals surface area contributed by atoms with Gasteiger partial charge in [-0.1, -0.05) is 17.7 Å². The molecule has 2 atom stereocenters. The number of hydrogen-bond donors (Lipinski definition) is 0. The van der Waals surface area contributed by atoms with Crippen LogP contribution in [0.25, 0.3) is 6.08 Å². The zero-order valence-electron chi connectivity index (χ0n) is 14.8. The van der Waals surface area contributed by atoms with Crippen molar-refractivity contribution in [2.24, 2.45) is 0 Å². The van der Waals surface area contributed by atoms with Crippen molar-refractivity contribution < 1.29 is 13.9 Å². The number of likely N-dealkylation sites (tertiary alicyclic amines) is 1. The fourth-order valence-electron chi connectivity index (χ4n) is 3.87. The average Bonchev–Trinajstić information content (AvgIpc) is 3.34. The number of nitrogens with zero attached hydrogens (tertiary/aromatic N) is 2. The van der Waals surface area contributed by atoms with E-state index in [2.05, 4.69) is 4.90 Å². The molecule has 2 fully saturated rings. The first-order valence-electron chi connectivity index (χ1n) is 8.70. The Kier molecular flexibility index (Phi) is 4.51. The van der Waals surface area contributed by atoms with Gasteiger partial charge in [-0.3, -0.25) is 9.69 Å². The van der Waals surface area contributed by atoms with E-state index in [1.165, 1.54) is 0 Å². The molecule has 1 aromatic heterocycles. The van der Waals surface area contributed by atoms with E-state index in [1.807, 2.05) is 42.2 Å². The highest BCUT2D eigenvalue weighted by Gasteiger charge is 2.50. The molecule has 0 radical (unpaired) electrons. The number of fused-ring (bicyclic) bond motifs is 2. The number of carbonyl (C=O) groups excluding carboxylic acids is 1. The monoisotopic (exact) mass is 372 g/mol. The van der Waals surface area contributed by atoms with Crippen molar-refractivity contribution in [2.75, 3.05) is 25.1 Å². The number of hydrogen-bond acceptors (Lipinski definition) is 4. The van der Waals surface area contributed by atoms with Gasteiger partial charge < -0.3 is 14.1 Å². The van der Waals surface area contributed by atoms with E-state index < -0.39 is 0 Å². The fourth-order valence-corrected chi connectivity index (χ4v) is 4.02. The van der Waals surface area contributed by atoms with Crippen LogP contribution in [0.5, 0.6) is 5.75 Å². The Labute approximate surface area is 157 Å². The third-order valence-corrected chi connectivity index (χ3v) is 5.56. The number of rotatable bonds is 5. The Morgan fingerprint density at radius 3 is 2.96 bits per heavy atom. The molecule has 0 aliphatic carbocycles. The number of ether oxygens (including phenoxy) is 1. The van der Waals surface area contributed by atoms with E-state index in [0.717, 1.165) is 36.5 Å². The summed E-state index contributed by atoms with van der Waals surface area (Å²) >= 11 is 6.20. The summed E-state index contributed by atoms with van der Waals surface area (Å²) in [6, 6.07) is 7.59. The van der Waals surface area contributed by atoms with E-state index in [1.54, 1.807) is 19.4 Å². The summed E-state index contributed by atoms with van der Waals surface area (Å²) in [6.07, 6.45) is 6.49. The predicted octanol–water partition coefficient (Wildman–Crippen LogP) is 3.75. The molecule has 6 heteroatoms. The van der Waals surface area contributed by atoms with Crippen LogP contribution in [0, 0.1) is 6.92 Å². The van der Waals surface area contributed by atoms with Crippen LogP contribution in [0.3, 0.4) is 0 Å². The minimum Gasteiger partial charge on any atom is -0.495 e. The molecule has 5 nitrogen and oxygen atoms in total. The van der Waals surface area contributed by atoms with Gasteiger partial charge in [0.1, 0.15) is 11.5 Å². The molecule has 1 aromatic carbocycles. The number of anilines is 1. The summed E-state index contributed by atoms with van der Waals surface area (Å²) in [6.45, 7) is 3.53. The van der Waals surface area contributed by atoms with Crippen molar-refractivity contribution in [1.29, 1.82) is 0 Å². The van der Waals surface area contributed by atoms with Crippen molar-refractivity contribution in [2.45, 2.75) is 25.4 Å². The molecule has 2 aromatic rings. The third-order valence-electron chi connectivity index (χ3n) is 5.15. The SMILES string of the molecule is COc1cc(Cl)c(C)cc1N1C(=O)[C@@H]2C[C@H]1CN2C/C=C/c1ccco1. The molecule has 0 spiro atoms.